The van der Waals surface area contributed by atoms with Gasteiger partial charge in [0.1, 0.15) is 5.69 Å². The lowest BCUT2D eigenvalue weighted by Gasteiger charge is -2.30. The molecule has 1 aliphatic heterocycles. The van der Waals surface area contributed by atoms with Crippen molar-refractivity contribution in [1.29, 1.82) is 0 Å². The fourth-order valence-corrected chi connectivity index (χ4v) is 4.28. The number of hydrogen-bond donors (Lipinski definition) is 0. The lowest BCUT2D eigenvalue weighted by molar-refractivity contribution is 0.0393. The van der Waals surface area contributed by atoms with Gasteiger partial charge in [0, 0.05) is 42.5 Å². The third-order valence-corrected chi connectivity index (χ3v) is 6.16. The molecule has 1 saturated heterocycles. The molecule has 1 aromatic heterocycles. The van der Waals surface area contributed by atoms with Crippen LogP contribution in [-0.4, -0.2) is 49.4 Å². The molecule has 6 heteroatoms. The molecule has 2 heterocycles. The topological polar surface area (TPSA) is 41.7 Å². The molecule has 33 heavy (non-hydrogen) atoms. The van der Waals surface area contributed by atoms with E-state index in [2.05, 4.69) is 51.4 Å². The average molecular weight is 460 g/mol. The van der Waals surface area contributed by atoms with Crippen molar-refractivity contribution in [3.05, 3.63) is 90.0 Å². The van der Waals surface area contributed by atoms with Crippen molar-refractivity contribution in [3.8, 4) is 22.4 Å². The molecule has 4 aromatic rings. The minimum absolute atomic E-state index is 0.695. The first kappa shape index (κ1) is 21.7. The first-order valence-electron chi connectivity index (χ1n) is 11.2. The Labute approximate surface area is 199 Å². The van der Waals surface area contributed by atoms with Gasteiger partial charge in [0.05, 0.1) is 18.8 Å². The molecular weight excluding hydrogens is 434 g/mol. The standard InChI is InChI=1S/C27H26ClN3O2/c28-23-13-11-22(12-14-23)26-25(21-7-3-1-4-8-21)27(33-29-26)31(24-9-5-2-6-10-24)16-15-30-17-19-32-20-18-30/h1-14H,15-20H2. The van der Waals surface area contributed by atoms with E-state index in [1.54, 1.807) is 0 Å². The van der Waals surface area contributed by atoms with Crippen molar-refractivity contribution in [2.45, 2.75) is 0 Å². The summed E-state index contributed by atoms with van der Waals surface area (Å²) < 4.78 is 11.6. The van der Waals surface area contributed by atoms with Gasteiger partial charge in [-0.25, -0.2) is 0 Å². The quantitative estimate of drug-likeness (QED) is 0.332. The average Bonchev–Trinajstić information content (AvgIpc) is 3.31. The van der Waals surface area contributed by atoms with Gasteiger partial charge < -0.3 is 14.2 Å². The Hall–Kier alpha value is -3.12. The number of hydrogen-bond acceptors (Lipinski definition) is 5. The largest absolute Gasteiger partial charge is 0.379 e. The van der Waals surface area contributed by atoms with Gasteiger partial charge in [-0.15, -0.1) is 0 Å². The van der Waals surface area contributed by atoms with E-state index in [1.165, 1.54) is 0 Å². The van der Waals surface area contributed by atoms with E-state index in [0.29, 0.717) is 5.02 Å². The Balaban J connectivity index is 1.58. The number of nitrogens with zero attached hydrogens (tertiary/aromatic N) is 3. The number of morpholine rings is 1. The number of anilines is 2. The summed E-state index contributed by atoms with van der Waals surface area (Å²) in [6.45, 7) is 5.14. The van der Waals surface area contributed by atoms with Crippen molar-refractivity contribution in [2.75, 3.05) is 44.3 Å². The Kier molecular flexibility index (Phi) is 6.72. The van der Waals surface area contributed by atoms with Gasteiger partial charge in [-0.2, -0.15) is 0 Å². The molecule has 5 nitrogen and oxygen atoms in total. The monoisotopic (exact) mass is 459 g/mol. The third kappa shape index (κ3) is 4.96. The zero-order valence-electron chi connectivity index (χ0n) is 18.4. The number of rotatable bonds is 7. The highest BCUT2D eigenvalue weighted by atomic mass is 35.5. The van der Waals surface area contributed by atoms with E-state index in [-0.39, 0.29) is 0 Å². The van der Waals surface area contributed by atoms with Gasteiger partial charge in [-0.05, 0) is 29.8 Å². The van der Waals surface area contributed by atoms with E-state index in [0.717, 1.165) is 73.3 Å². The molecule has 1 aliphatic rings. The van der Waals surface area contributed by atoms with E-state index in [1.807, 2.05) is 48.5 Å². The van der Waals surface area contributed by atoms with Gasteiger partial charge in [0.15, 0.2) is 0 Å². The van der Waals surface area contributed by atoms with Crippen LogP contribution in [0.25, 0.3) is 22.4 Å². The van der Waals surface area contributed by atoms with Crippen molar-refractivity contribution >= 4 is 23.2 Å². The minimum Gasteiger partial charge on any atom is -0.379 e. The highest BCUT2D eigenvalue weighted by molar-refractivity contribution is 6.30. The maximum absolute atomic E-state index is 6.14. The molecule has 168 valence electrons. The highest BCUT2D eigenvalue weighted by Crippen LogP contribution is 2.42. The Bertz CT molecular complexity index is 1160. The summed E-state index contributed by atoms with van der Waals surface area (Å²) >= 11 is 6.14. The van der Waals surface area contributed by atoms with Crippen molar-refractivity contribution < 1.29 is 9.26 Å². The van der Waals surface area contributed by atoms with Gasteiger partial charge in [0.25, 0.3) is 0 Å². The van der Waals surface area contributed by atoms with Gasteiger partial charge in [-0.1, -0.05) is 77.4 Å². The van der Waals surface area contributed by atoms with Crippen LogP contribution in [0.3, 0.4) is 0 Å². The molecule has 0 spiro atoms. The van der Waals surface area contributed by atoms with Crippen LogP contribution in [0.15, 0.2) is 89.5 Å². The van der Waals surface area contributed by atoms with E-state index >= 15 is 0 Å². The van der Waals surface area contributed by atoms with Crippen molar-refractivity contribution in [2.24, 2.45) is 0 Å². The summed E-state index contributed by atoms with van der Waals surface area (Å²) in [6, 6.07) is 28.4. The molecule has 0 radical (unpaired) electrons. The molecular formula is C27H26ClN3O2. The molecule has 1 fully saturated rings. The summed E-state index contributed by atoms with van der Waals surface area (Å²) in [4.78, 5) is 4.66. The van der Waals surface area contributed by atoms with Gasteiger partial charge in [-0.3, -0.25) is 4.90 Å². The van der Waals surface area contributed by atoms with E-state index < -0.39 is 0 Å². The van der Waals surface area contributed by atoms with Crippen molar-refractivity contribution in [3.63, 3.8) is 0 Å². The Morgan fingerprint density at radius 3 is 2.18 bits per heavy atom. The zero-order chi connectivity index (χ0) is 22.5. The second-order valence-corrected chi connectivity index (χ2v) is 8.46. The predicted octanol–water partition coefficient (Wildman–Crippen LogP) is 6.13. The van der Waals surface area contributed by atoms with Crippen LogP contribution in [0.1, 0.15) is 0 Å². The van der Waals surface area contributed by atoms with E-state index in [9.17, 15) is 0 Å². The maximum atomic E-state index is 6.14. The number of halogens is 1. The van der Waals surface area contributed by atoms with Gasteiger partial charge in [0.2, 0.25) is 5.88 Å². The van der Waals surface area contributed by atoms with Crippen LogP contribution in [0, 0.1) is 0 Å². The second-order valence-electron chi connectivity index (χ2n) is 8.03. The SMILES string of the molecule is Clc1ccc(-c2noc(N(CCN3CCOCC3)c3ccccc3)c2-c2ccccc2)cc1. The number of benzene rings is 3. The molecule has 0 unspecified atom stereocenters. The normalized spacial score (nSPS) is 14.3. The molecule has 0 bridgehead atoms. The smallest absolute Gasteiger partial charge is 0.240 e. The first-order valence-corrected chi connectivity index (χ1v) is 11.6. The van der Waals surface area contributed by atoms with E-state index in [4.69, 9.17) is 20.9 Å². The summed E-state index contributed by atoms with van der Waals surface area (Å²) in [6.07, 6.45) is 0. The minimum atomic E-state index is 0.695. The lowest BCUT2D eigenvalue weighted by Crippen LogP contribution is -2.40. The fourth-order valence-electron chi connectivity index (χ4n) is 4.16. The molecule has 0 saturated carbocycles. The van der Waals surface area contributed by atoms with Crippen LogP contribution in [0.5, 0.6) is 0 Å². The maximum Gasteiger partial charge on any atom is 0.240 e. The second kappa shape index (κ2) is 10.2. The van der Waals surface area contributed by atoms with Crippen LogP contribution in [0.2, 0.25) is 5.02 Å². The van der Waals surface area contributed by atoms with Crippen LogP contribution in [-0.2, 0) is 4.74 Å². The molecule has 5 rings (SSSR count). The summed E-state index contributed by atoms with van der Waals surface area (Å²) in [5.74, 6) is 0.741. The number of para-hydroxylation sites is 1. The molecule has 0 atom stereocenters. The lowest BCUT2D eigenvalue weighted by atomic mass is 10.0. The van der Waals surface area contributed by atoms with Crippen LogP contribution < -0.4 is 4.90 Å². The predicted molar refractivity (Wildman–Crippen MR) is 133 cm³/mol. The van der Waals surface area contributed by atoms with Crippen LogP contribution in [0.4, 0.5) is 11.6 Å². The fraction of sp³-hybridized carbons (Fsp3) is 0.222. The Morgan fingerprint density at radius 1 is 0.818 bits per heavy atom. The van der Waals surface area contributed by atoms with Crippen molar-refractivity contribution in [1.82, 2.24) is 10.1 Å². The molecule has 3 aromatic carbocycles. The molecule has 0 amide bonds. The van der Waals surface area contributed by atoms with Gasteiger partial charge >= 0.3 is 0 Å². The Morgan fingerprint density at radius 2 is 1.48 bits per heavy atom. The number of ether oxygens (including phenoxy) is 1. The summed E-state index contributed by atoms with van der Waals surface area (Å²) in [5.41, 5.74) is 4.88. The third-order valence-electron chi connectivity index (χ3n) is 5.91. The van der Waals surface area contributed by atoms with Crippen LogP contribution >= 0.6 is 11.6 Å². The molecule has 0 aliphatic carbocycles. The molecule has 0 N–H and O–H groups in total. The summed E-state index contributed by atoms with van der Waals surface area (Å²) in [5, 5.41) is 5.23. The zero-order valence-corrected chi connectivity index (χ0v) is 19.1. The highest BCUT2D eigenvalue weighted by Gasteiger charge is 2.25. The number of aromatic nitrogens is 1. The summed E-state index contributed by atoms with van der Waals surface area (Å²) in [7, 11) is 0. The first-order chi connectivity index (χ1) is 16.3.